The number of halogens is 5. The molecule has 342 valence electrons. The molecule has 9 nitrogen and oxygen atoms in total. The van der Waals surface area contributed by atoms with Crippen LogP contribution in [0.1, 0.15) is 78.6 Å². The van der Waals surface area contributed by atoms with Crippen LogP contribution in [0.4, 0.5) is 4.79 Å². The number of Topliss-reactive ketones (excluding diaryl/α,β-unsaturated/α-hetero) is 1. The Morgan fingerprint density at radius 3 is 1.75 bits per heavy atom. The van der Waals surface area contributed by atoms with E-state index in [-0.39, 0.29) is 18.5 Å². The summed E-state index contributed by atoms with van der Waals surface area (Å²) >= 11 is 25.2. The first-order valence-electron chi connectivity index (χ1n) is 22.0. The number of carbonyl (C=O) groups is 2. The number of amides is 1. The number of aromatic nitrogens is 4. The molecule has 4 heterocycles. The zero-order chi connectivity index (χ0) is 45.3. The normalized spacial score (nSPS) is 16.6. The molecule has 65 heavy (non-hydrogen) atoms. The SMILES string of the molecule is Cl.Cn1c(-c2ccccc2Cl)nc2c1CCN(C(=O)OC(C)(C)C)C2.Cn1c(-c2ccccc2Cl)nc2c1CCN(C1CCc3cccc(Cl)c3C1)C2.O=C1CCc2cccc(Cl)c2C1. The van der Waals surface area contributed by atoms with E-state index in [2.05, 4.69) is 33.2 Å². The second-order valence-electron chi connectivity index (χ2n) is 18.0. The second kappa shape index (κ2) is 20.7. The minimum absolute atomic E-state index is 0. The summed E-state index contributed by atoms with van der Waals surface area (Å²) < 4.78 is 9.76. The molecule has 2 aliphatic heterocycles. The summed E-state index contributed by atoms with van der Waals surface area (Å²) in [5, 5.41) is 3.08. The number of aryl methyl sites for hydroxylation is 2. The minimum Gasteiger partial charge on any atom is -0.444 e. The predicted octanol–water partition coefficient (Wildman–Crippen LogP) is 12.2. The summed E-state index contributed by atoms with van der Waals surface area (Å²) in [6.45, 7) is 8.67. The van der Waals surface area contributed by atoms with E-state index in [4.69, 9.17) is 61.1 Å². The molecule has 1 amide bonds. The Balaban J connectivity index is 0.000000155. The molecule has 2 aliphatic carbocycles. The molecular weight excluding hydrogens is 922 g/mol. The number of imidazole rings is 2. The lowest BCUT2D eigenvalue weighted by molar-refractivity contribution is -0.118. The van der Waals surface area contributed by atoms with Crippen LogP contribution < -0.4 is 0 Å². The number of hydrogen-bond donors (Lipinski definition) is 0. The van der Waals surface area contributed by atoms with Gasteiger partial charge in [0.25, 0.3) is 0 Å². The van der Waals surface area contributed by atoms with Gasteiger partial charge in [-0.05, 0) is 105 Å². The fourth-order valence-electron chi connectivity index (χ4n) is 9.27. The van der Waals surface area contributed by atoms with Gasteiger partial charge < -0.3 is 18.8 Å². The van der Waals surface area contributed by atoms with Crippen LogP contribution >= 0.6 is 58.8 Å². The number of nitrogens with zero attached hydrogens (tertiary/aromatic N) is 6. The zero-order valence-electron chi connectivity index (χ0n) is 37.5. The summed E-state index contributed by atoms with van der Waals surface area (Å²) in [6.07, 6.45) is 6.87. The number of rotatable bonds is 3. The lowest BCUT2D eigenvalue weighted by atomic mass is 9.87. The highest BCUT2D eigenvalue weighted by atomic mass is 35.5. The summed E-state index contributed by atoms with van der Waals surface area (Å²) in [4.78, 5) is 37.4. The van der Waals surface area contributed by atoms with E-state index >= 15 is 0 Å². The number of hydrogen-bond acceptors (Lipinski definition) is 6. The highest BCUT2D eigenvalue weighted by Gasteiger charge is 2.32. The molecule has 4 aromatic carbocycles. The van der Waals surface area contributed by atoms with Crippen molar-refractivity contribution >= 4 is 70.7 Å². The van der Waals surface area contributed by atoms with Crippen LogP contribution in [0.5, 0.6) is 0 Å². The van der Waals surface area contributed by atoms with E-state index in [0.29, 0.717) is 42.8 Å². The number of ether oxygens (including phenoxy) is 1. The molecule has 2 aromatic heterocycles. The molecule has 10 rings (SSSR count). The Labute approximate surface area is 408 Å². The van der Waals surface area contributed by atoms with E-state index in [0.717, 1.165) is 100.0 Å². The van der Waals surface area contributed by atoms with Gasteiger partial charge in [0.15, 0.2) is 0 Å². The highest BCUT2D eigenvalue weighted by molar-refractivity contribution is 6.33. The van der Waals surface area contributed by atoms with Crippen molar-refractivity contribution in [2.45, 2.75) is 96.9 Å². The van der Waals surface area contributed by atoms with Crippen molar-refractivity contribution in [1.82, 2.24) is 28.9 Å². The molecule has 0 saturated heterocycles. The average molecular weight is 977 g/mol. The summed E-state index contributed by atoms with van der Waals surface area (Å²) in [6, 6.07) is 28.3. The number of ketones is 1. The lowest BCUT2D eigenvalue weighted by Crippen LogP contribution is -2.42. The van der Waals surface area contributed by atoms with E-state index in [1.54, 1.807) is 4.90 Å². The topological polar surface area (TPSA) is 85.5 Å². The monoisotopic (exact) mass is 974 g/mol. The van der Waals surface area contributed by atoms with Crippen LogP contribution in [-0.4, -0.2) is 65.5 Å². The fourth-order valence-corrected chi connectivity index (χ4v) is 10.2. The highest BCUT2D eigenvalue weighted by Crippen LogP contribution is 2.35. The van der Waals surface area contributed by atoms with Crippen molar-refractivity contribution in [3.8, 4) is 22.8 Å². The molecule has 1 unspecified atom stereocenters. The van der Waals surface area contributed by atoms with Gasteiger partial charge in [-0.1, -0.05) is 94.9 Å². The molecule has 4 aliphatic rings. The van der Waals surface area contributed by atoms with Gasteiger partial charge in [-0.25, -0.2) is 14.8 Å². The third-order valence-corrected chi connectivity index (χ3v) is 14.0. The van der Waals surface area contributed by atoms with Crippen molar-refractivity contribution in [3.63, 3.8) is 0 Å². The van der Waals surface area contributed by atoms with Crippen molar-refractivity contribution in [2.75, 3.05) is 13.1 Å². The molecule has 0 fully saturated rings. The molecule has 6 aromatic rings. The molecule has 0 spiro atoms. The Morgan fingerprint density at radius 1 is 0.646 bits per heavy atom. The van der Waals surface area contributed by atoms with Gasteiger partial charge in [-0.2, -0.15) is 0 Å². The largest absolute Gasteiger partial charge is 0.444 e. The van der Waals surface area contributed by atoms with Gasteiger partial charge in [0.05, 0.1) is 28.0 Å². The fraction of sp³-hybridized carbons (Fsp3) is 0.373. The van der Waals surface area contributed by atoms with Crippen LogP contribution in [0.2, 0.25) is 20.1 Å². The first-order valence-corrected chi connectivity index (χ1v) is 23.5. The Morgan fingerprint density at radius 2 is 1.17 bits per heavy atom. The van der Waals surface area contributed by atoms with Gasteiger partial charge >= 0.3 is 6.09 Å². The van der Waals surface area contributed by atoms with E-state index < -0.39 is 5.60 Å². The van der Waals surface area contributed by atoms with Crippen LogP contribution in [0.3, 0.4) is 0 Å². The Kier molecular flexibility index (Phi) is 15.4. The van der Waals surface area contributed by atoms with Crippen molar-refractivity contribution in [1.29, 1.82) is 0 Å². The predicted molar refractivity (Wildman–Crippen MR) is 265 cm³/mol. The van der Waals surface area contributed by atoms with Gasteiger partial charge in [0, 0.05) is 98.0 Å². The van der Waals surface area contributed by atoms with Crippen molar-refractivity contribution < 1.29 is 14.3 Å². The van der Waals surface area contributed by atoms with E-state index in [1.165, 1.54) is 34.5 Å². The van der Waals surface area contributed by atoms with E-state index in [1.807, 2.05) is 101 Å². The average Bonchev–Trinajstić information content (AvgIpc) is 3.78. The quantitative estimate of drug-likeness (QED) is 0.176. The van der Waals surface area contributed by atoms with Gasteiger partial charge in [-0.15, -0.1) is 12.4 Å². The smallest absolute Gasteiger partial charge is 0.410 e. The van der Waals surface area contributed by atoms with E-state index in [9.17, 15) is 9.59 Å². The summed E-state index contributed by atoms with van der Waals surface area (Å²) in [7, 11) is 4.10. The maximum absolute atomic E-state index is 12.3. The summed E-state index contributed by atoms with van der Waals surface area (Å²) in [5.74, 6) is 2.10. The molecule has 0 saturated carbocycles. The third kappa shape index (κ3) is 10.9. The molecule has 0 N–H and O–H groups in total. The van der Waals surface area contributed by atoms with Crippen LogP contribution in [0, 0.1) is 0 Å². The first-order chi connectivity index (χ1) is 30.6. The molecule has 0 radical (unpaired) electrons. The zero-order valence-corrected chi connectivity index (χ0v) is 41.3. The van der Waals surface area contributed by atoms with Gasteiger partial charge in [0.2, 0.25) is 0 Å². The molecule has 0 bridgehead atoms. The maximum Gasteiger partial charge on any atom is 0.410 e. The number of fused-ring (bicyclic) bond motifs is 4. The molecule has 14 heteroatoms. The standard InChI is InChI=1S/C23H23Cl2N3.C18H22ClN3O2.C10H9ClO.ClH/c1-27-22-11-12-28(16-10-9-15-5-4-8-20(25)18(15)13-16)14-21(22)26-23(27)17-6-2-3-7-19(17)24;1-18(2,3)24-17(23)22-10-9-15-14(11-22)20-16(21(15)4)12-7-5-6-8-13(12)19;11-10-3-1-2-7-4-5-8(12)6-9(7)10;/h2-8,16H,9-14H2,1H3;5-8H,9-11H2,1-4H3;1-3H,4-6H2;1H. The maximum atomic E-state index is 12.3. The second-order valence-corrected chi connectivity index (χ2v) is 19.6. The van der Waals surface area contributed by atoms with Gasteiger partial charge in [0.1, 0.15) is 23.0 Å². The minimum atomic E-state index is -0.496. The van der Waals surface area contributed by atoms with Crippen molar-refractivity contribution in [2.24, 2.45) is 14.1 Å². The number of benzene rings is 4. The van der Waals surface area contributed by atoms with Crippen LogP contribution in [0.15, 0.2) is 84.9 Å². The number of carbonyl (C=O) groups excluding carboxylic acids is 2. The summed E-state index contributed by atoms with van der Waals surface area (Å²) in [5.41, 5.74) is 11.0. The van der Waals surface area contributed by atoms with Gasteiger partial charge in [-0.3, -0.25) is 9.69 Å². The van der Waals surface area contributed by atoms with Crippen LogP contribution in [-0.2, 0) is 75.2 Å². The van der Waals surface area contributed by atoms with Crippen LogP contribution in [0.25, 0.3) is 22.8 Å². The molecule has 1 atom stereocenters. The first kappa shape index (κ1) is 48.6. The molecular formula is C51H55Cl5N6O3. The Bertz CT molecular complexity index is 2700. The Hall–Kier alpha value is -4.35. The lowest BCUT2D eigenvalue weighted by Gasteiger charge is -2.37. The van der Waals surface area contributed by atoms with Crippen molar-refractivity contribution in [3.05, 3.63) is 150 Å². The third-order valence-electron chi connectivity index (χ3n) is 12.6.